The molecule has 0 aromatic carbocycles. The van der Waals surface area contributed by atoms with Gasteiger partial charge in [0.1, 0.15) is 12.4 Å². The van der Waals surface area contributed by atoms with Crippen LogP contribution in [-0.4, -0.2) is 43.9 Å². The lowest BCUT2D eigenvalue weighted by atomic mass is 10.3. The Morgan fingerprint density at radius 2 is 2.30 bits per heavy atom. The van der Waals surface area contributed by atoms with Crippen LogP contribution in [0.4, 0.5) is 11.8 Å². The van der Waals surface area contributed by atoms with Crippen molar-refractivity contribution in [3.8, 4) is 5.82 Å². The first-order valence-corrected chi connectivity index (χ1v) is 6.21. The lowest BCUT2D eigenvalue weighted by Crippen LogP contribution is -2.31. The first-order chi connectivity index (χ1) is 9.60. The minimum atomic E-state index is -0.920. The third-order valence-electron chi connectivity index (χ3n) is 2.60. The average molecular weight is 276 g/mol. The van der Waals surface area contributed by atoms with Gasteiger partial charge < -0.3 is 15.7 Å². The van der Waals surface area contributed by atoms with Crippen molar-refractivity contribution in [1.29, 1.82) is 0 Å². The molecule has 0 amide bonds. The van der Waals surface area contributed by atoms with Crippen molar-refractivity contribution in [2.45, 2.75) is 13.3 Å². The maximum atomic E-state index is 10.9. The first kappa shape index (κ1) is 13.8. The zero-order valence-corrected chi connectivity index (χ0v) is 11.1. The van der Waals surface area contributed by atoms with E-state index in [0.29, 0.717) is 18.2 Å². The third-order valence-corrected chi connectivity index (χ3v) is 2.60. The molecule has 0 aliphatic rings. The number of hydrogen-bond acceptors (Lipinski definition) is 6. The van der Waals surface area contributed by atoms with E-state index in [4.69, 9.17) is 10.8 Å². The van der Waals surface area contributed by atoms with Gasteiger partial charge in [0.15, 0.2) is 5.82 Å². The number of nitrogens with zero attached hydrogens (tertiary/aromatic N) is 5. The molecule has 2 rings (SSSR count). The topological polar surface area (TPSA) is 110 Å². The van der Waals surface area contributed by atoms with Crippen LogP contribution in [0.5, 0.6) is 0 Å². The number of nitrogen functional groups attached to an aromatic ring is 1. The summed E-state index contributed by atoms with van der Waals surface area (Å²) in [7, 11) is 0. The molecular weight excluding hydrogens is 260 g/mol. The van der Waals surface area contributed by atoms with Crippen molar-refractivity contribution in [1.82, 2.24) is 19.7 Å². The summed E-state index contributed by atoms with van der Waals surface area (Å²) in [5, 5.41) is 13.0. The van der Waals surface area contributed by atoms with Gasteiger partial charge in [-0.2, -0.15) is 15.1 Å². The Kier molecular flexibility index (Phi) is 4.14. The van der Waals surface area contributed by atoms with E-state index in [1.54, 1.807) is 34.1 Å². The molecule has 0 radical (unpaired) electrons. The van der Waals surface area contributed by atoms with Crippen molar-refractivity contribution in [3.63, 3.8) is 0 Å². The van der Waals surface area contributed by atoms with Crippen molar-refractivity contribution in [2.24, 2.45) is 0 Å². The second kappa shape index (κ2) is 6.00. The zero-order chi connectivity index (χ0) is 14.5. The highest BCUT2D eigenvalue weighted by Crippen LogP contribution is 2.16. The molecule has 106 valence electrons. The van der Waals surface area contributed by atoms with Crippen LogP contribution in [-0.2, 0) is 4.79 Å². The van der Waals surface area contributed by atoms with Gasteiger partial charge in [0.25, 0.3) is 0 Å². The summed E-state index contributed by atoms with van der Waals surface area (Å²) in [6, 6.07) is 3.43. The number of carboxylic acid groups (broad SMARTS) is 1. The van der Waals surface area contributed by atoms with E-state index in [1.807, 2.05) is 6.92 Å². The highest BCUT2D eigenvalue weighted by Gasteiger charge is 2.14. The van der Waals surface area contributed by atoms with Gasteiger partial charge in [0.05, 0.1) is 0 Å². The summed E-state index contributed by atoms with van der Waals surface area (Å²) in [6.07, 6.45) is 4.15. The molecule has 0 fully saturated rings. The minimum absolute atomic E-state index is 0.0829. The Morgan fingerprint density at radius 3 is 2.90 bits per heavy atom. The molecular formula is C12H16N6O2. The van der Waals surface area contributed by atoms with Gasteiger partial charge in [0, 0.05) is 25.0 Å². The molecule has 0 saturated heterocycles. The van der Waals surface area contributed by atoms with E-state index >= 15 is 0 Å². The van der Waals surface area contributed by atoms with Crippen LogP contribution >= 0.6 is 0 Å². The highest BCUT2D eigenvalue weighted by atomic mass is 16.4. The SMILES string of the molecule is CCCN(CC(=O)O)c1cc(-n2cccn2)nc(N)n1. The second-order valence-electron chi connectivity index (χ2n) is 4.21. The van der Waals surface area contributed by atoms with Crippen molar-refractivity contribution >= 4 is 17.7 Å². The minimum Gasteiger partial charge on any atom is -0.480 e. The fraction of sp³-hybridized carbons (Fsp3) is 0.333. The molecule has 2 aromatic heterocycles. The molecule has 8 heteroatoms. The molecule has 20 heavy (non-hydrogen) atoms. The van der Waals surface area contributed by atoms with E-state index in [-0.39, 0.29) is 12.5 Å². The van der Waals surface area contributed by atoms with E-state index in [1.165, 1.54) is 0 Å². The summed E-state index contributed by atoms with van der Waals surface area (Å²) in [5.41, 5.74) is 5.69. The Labute approximate surface area is 115 Å². The summed E-state index contributed by atoms with van der Waals surface area (Å²) < 4.78 is 1.55. The molecule has 2 heterocycles. The third kappa shape index (κ3) is 3.22. The molecule has 0 aliphatic heterocycles. The van der Waals surface area contributed by atoms with E-state index in [0.717, 1.165) is 6.42 Å². The molecule has 8 nitrogen and oxygen atoms in total. The summed E-state index contributed by atoms with van der Waals surface area (Å²) in [4.78, 5) is 20.8. The number of aliphatic carboxylic acids is 1. The molecule has 3 N–H and O–H groups in total. The maximum absolute atomic E-state index is 10.9. The van der Waals surface area contributed by atoms with Crippen LogP contribution in [0.2, 0.25) is 0 Å². The van der Waals surface area contributed by atoms with Crippen LogP contribution in [0, 0.1) is 0 Å². The van der Waals surface area contributed by atoms with E-state index in [2.05, 4.69) is 15.1 Å². The normalized spacial score (nSPS) is 10.4. The van der Waals surface area contributed by atoms with Crippen LogP contribution in [0.1, 0.15) is 13.3 Å². The summed E-state index contributed by atoms with van der Waals surface area (Å²) >= 11 is 0. The zero-order valence-electron chi connectivity index (χ0n) is 11.1. The van der Waals surface area contributed by atoms with Crippen molar-refractivity contribution < 1.29 is 9.90 Å². The number of anilines is 2. The molecule has 0 bridgehead atoms. The fourth-order valence-corrected chi connectivity index (χ4v) is 1.83. The second-order valence-corrected chi connectivity index (χ2v) is 4.21. The number of aromatic nitrogens is 4. The highest BCUT2D eigenvalue weighted by molar-refractivity contribution is 5.73. The van der Waals surface area contributed by atoms with E-state index < -0.39 is 5.97 Å². The Hall–Kier alpha value is -2.64. The number of carbonyl (C=O) groups is 1. The number of rotatable bonds is 6. The van der Waals surface area contributed by atoms with Crippen LogP contribution < -0.4 is 10.6 Å². The number of carboxylic acids is 1. The average Bonchev–Trinajstić information content (AvgIpc) is 2.91. The van der Waals surface area contributed by atoms with Crippen molar-refractivity contribution in [2.75, 3.05) is 23.7 Å². The summed E-state index contributed by atoms with van der Waals surface area (Å²) in [6.45, 7) is 2.40. The van der Waals surface area contributed by atoms with Gasteiger partial charge in [-0.05, 0) is 12.5 Å². The van der Waals surface area contributed by atoms with Crippen LogP contribution in [0.3, 0.4) is 0 Å². The predicted molar refractivity (Wildman–Crippen MR) is 73.7 cm³/mol. The predicted octanol–water partition coefficient (Wildman–Crippen LogP) is 0.545. The lowest BCUT2D eigenvalue weighted by molar-refractivity contribution is -0.135. The molecule has 2 aromatic rings. The standard InChI is InChI=1S/C12H16N6O2/c1-2-5-17(8-11(19)20)9-7-10(16-12(13)15-9)18-6-3-4-14-18/h3-4,6-7H,2,5,8H2,1H3,(H,19,20)(H2,13,15,16). The molecule has 0 saturated carbocycles. The Bertz CT molecular complexity index is 584. The Balaban J connectivity index is 2.36. The molecule has 0 unspecified atom stereocenters. The largest absolute Gasteiger partial charge is 0.480 e. The first-order valence-electron chi connectivity index (χ1n) is 6.21. The van der Waals surface area contributed by atoms with Crippen LogP contribution in [0.15, 0.2) is 24.5 Å². The molecule has 0 atom stereocenters. The van der Waals surface area contributed by atoms with E-state index in [9.17, 15) is 4.79 Å². The Morgan fingerprint density at radius 1 is 1.50 bits per heavy atom. The van der Waals surface area contributed by atoms with Crippen molar-refractivity contribution in [3.05, 3.63) is 24.5 Å². The van der Waals surface area contributed by atoms with Gasteiger partial charge in [-0.3, -0.25) is 4.79 Å². The summed E-state index contributed by atoms with van der Waals surface area (Å²) in [5.74, 6) is 0.145. The maximum Gasteiger partial charge on any atom is 0.323 e. The monoisotopic (exact) mass is 276 g/mol. The molecule has 0 spiro atoms. The lowest BCUT2D eigenvalue weighted by Gasteiger charge is -2.21. The fourth-order valence-electron chi connectivity index (χ4n) is 1.83. The van der Waals surface area contributed by atoms with Gasteiger partial charge >= 0.3 is 5.97 Å². The number of nitrogens with two attached hydrogens (primary N) is 1. The van der Waals surface area contributed by atoms with Gasteiger partial charge in [-0.1, -0.05) is 6.92 Å². The quantitative estimate of drug-likeness (QED) is 0.792. The number of hydrogen-bond donors (Lipinski definition) is 2. The molecule has 0 aliphatic carbocycles. The van der Waals surface area contributed by atoms with Gasteiger partial charge in [-0.15, -0.1) is 0 Å². The smallest absolute Gasteiger partial charge is 0.323 e. The van der Waals surface area contributed by atoms with Gasteiger partial charge in [0.2, 0.25) is 5.95 Å². The van der Waals surface area contributed by atoms with Crippen LogP contribution in [0.25, 0.3) is 5.82 Å². The van der Waals surface area contributed by atoms with Gasteiger partial charge in [-0.25, -0.2) is 4.68 Å².